The maximum Gasteiger partial charge on any atom is 0.255 e. The summed E-state index contributed by atoms with van der Waals surface area (Å²) in [4.78, 5) is 33.5. The second-order valence-electron chi connectivity index (χ2n) is 9.60. The van der Waals surface area contributed by atoms with Gasteiger partial charge < -0.3 is 9.80 Å². The van der Waals surface area contributed by atoms with Crippen LogP contribution in [0.3, 0.4) is 0 Å². The van der Waals surface area contributed by atoms with Gasteiger partial charge in [0.15, 0.2) is 0 Å². The lowest BCUT2D eigenvalue weighted by Gasteiger charge is -2.41. The van der Waals surface area contributed by atoms with E-state index in [-0.39, 0.29) is 29.7 Å². The van der Waals surface area contributed by atoms with Crippen LogP contribution < -0.4 is 0 Å². The first-order chi connectivity index (χ1) is 17.8. The number of nitrogens with zero attached hydrogens (tertiary/aromatic N) is 3. The van der Waals surface area contributed by atoms with Gasteiger partial charge in [0.2, 0.25) is 5.91 Å². The van der Waals surface area contributed by atoms with Crippen molar-refractivity contribution in [1.29, 1.82) is 0 Å². The van der Waals surface area contributed by atoms with Gasteiger partial charge in [-0.05, 0) is 66.2 Å². The number of halogens is 3. The highest BCUT2D eigenvalue weighted by Gasteiger charge is 2.33. The Balaban J connectivity index is 1.22. The van der Waals surface area contributed by atoms with Crippen molar-refractivity contribution in [3.63, 3.8) is 0 Å². The standard InChI is InChI=1S/C28H28Cl2FN3O2S/c1-18-17-33(12-13-34(18)28(36)22-6-5-20(29)16-24(22)30)26(35)8-11-32-10-7-25-23(9-14-37-25)27(32)19-3-2-4-21(31)15-19/h2-6,9,14-16,18,27H,7-8,10-13,17H2,1H3/t18-,27-/m1/s1. The number of benzene rings is 2. The quantitative estimate of drug-likeness (QED) is 0.390. The van der Waals surface area contributed by atoms with E-state index in [2.05, 4.69) is 16.3 Å². The second-order valence-corrected chi connectivity index (χ2v) is 11.4. The summed E-state index contributed by atoms with van der Waals surface area (Å²) in [5.41, 5.74) is 2.53. The van der Waals surface area contributed by atoms with Crippen LogP contribution in [0.5, 0.6) is 0 Å². The summed E-state index contributed by atoms with van der Waals surface area (Å²) in [5, 5.41) is 2.89. The fraction of sp³-hybridized carbons (Fsp3) is 0.357. The molecule has 5 rings (SSSR count). The van der Waals surface area contributed by atoms with Crippen molar-refractivity contribution < 1.29 is 14.0 Å². The zero-order chi connectivity index (χ0) is 26.1. The highest BCUT2D eigenvalue weighted by atomic mass is 35.5. The summed E-state index contributed by atoms with van der Waals surface area (Å²) in [6.07, 6.45) is 1.30. The number of rotatable bonds is 5. The number of carbonyl (C=O) groups is 2. The monoisotopic (exact) mass is 559 g/mol. The number of hydrogen-bond acceptors (Lipinski definition) is 4. The van der Waals surface area contributed by atoms with Gasteiger partial charge in [0.1, 0.15) is 5.82 Å². The minimum Gasteiger partial charge on any atom is -0.339 e. The molecule has 0 unspecified atom stereocenters. The first kappa shape index (κ1) is 26.2. The summed E-state index contributed by atoms with van der Waals surface area (Å²) >= 11 is 14.0. The van der Waals surface area contributed by atoms with Gasteiger partial charge in [0.25, 0.3) is 5.91 Å². The normalized spacial score (nSPS) is 20.1. The summed E-state index contributed by atoms with van der Waals surface area (Å²) in [5.74, 6) is -0.339. The maximum atomic E-state index is 14.1. The van der Waals surface area contributed by atoms with Crippen LogP contribution in [0, 0.1) is 5.82 Å². The first-order valence-electron chi connectivity index (χ1n) is 12.4. The lowest BCUT2D eigenvalue weighted by atomic mass is 9.93. The molecule has 194 valence electrons. The molecule has 2 aliphatic heterocycles. The van der Waals surface area contributed by atoms with E-state index >= 15 is 0 Å². The Morgan fingerprint density at radius 1 is 1.08 bits per heavy atom. The minimum atomic E-state index is -0.253. The zero-order valence-corrected chi connectivity index (χ0v) is 22.8. The van der Waals surface area contributed by atoms with Crippen LogP contribution in [-0.4, -0.2) is 65.3 Å². The van der Waals surface area contributed by atoms with Crippen molar-refractivity contribution >= 4 is 46.4 Å². The van der Waals surface area contributed by atoms with E-state index in [4.69, 9.17) is 23.2 Å². The fourth-order valence-electron chi connectivity index (χ4n) is 5.38. The smallest absolute Gasteiger partial charge is 0.255 e. The molecule has 1 aromatic heterocycles. The van der Waals surface area contributed by atoms with E-state index in [1.165, 1.54) is 16.5 Å². The Morgan fingerprint density at radius 2 is 1.92 bits per heavy atom. The van der Waals surface area contributed by atoms with E-state index in [9.17, 15) is 14.0 Å². The predicted molar refractivity (Wildman–Crippen MR) is 146 cm³/mol. The van der Waals surface area contributed by atoms with Crippen molar-refractivity contribution in [2.45, 2.75) is 31.8 Å². The minimum absolute atomic E-state index is 0.0592. The molecule has 2 atom stereocenters. The summed E-state index contributed by atoms with van der Waals surface area (Å²) in [7, 11) is 0. The topological polar surface area (TPSA) is 43.9 Å². The molecule has 0 N–H and O–H groups in total. The van der Waals surface area contributed by atoms with Crippen molar-refractivity contribution in [1.82, 2.24) is 14.7 Å². The molecular weight excluding hydrogens is 532 g/mol. The molecule has 0 bridgehead atoms. The molecule has 5 nitrogen and oxygen atoms in total. The van der Waals surface area contributed by atoms with Crippen molar-refractivity contribution in [2.24, 2.45) is 0 Å². The molecule has 1 fully saturated rings. The van der Waals surface area contributed by atoms with Crippen molar-refractivity contribution in [3.8, 4) is 0 Å². The van der Waals surface area contributed by atoms with Gasteiger partial charge in [-0.15, -0.1) is 11.3 Å². The lowest BCUT2D eigenvalue weighted by Crippen LogP contribution is -2.55. The third-order valence-electron chi connectivity index (χ3n) is 7.25. The summed E-state index contributed by atoms with van der Waals surface area (Å²) in [6.45, 7) is 4.74. The van der Waals surface area contributed by atoms with Crippen LogP contribution in [0.1, 0.15) is 45.7 Å². The molecular formula is C28H28Cl2FN3O2S. The average Bonchev–Trinajstić information content (AvgIpc) is 3.35. The Bertz CT molecular complexity index is 1320. The number of thiophene rings is 1. The molecule has 2 aliphatic rings. The number of carbonyl (C=O) groups excluding carboxylic acids is 2. The molecule has 3 heterocycles. The predicted octanol–water partition coefficient (Wildman–Crippen LogP) is 5.90. The fourth-order valence-corrected chi connectivity index (χ4v) is 6.77. The number of amides is 2. The van der Waals surface area contributed by atoms with Gasteiger partial charge in [0, 0.05) is 55.1 Å². The Labute approximate surface area is 230 Å². The Hall–Kier alpha value is -2.45. The SMILES string of the molecule is C[C@@H]1CN(C(=O)CCN2CCc3sccc3[C@H]2c2cccc(F)c2)CCN1C(=O)c1ccc(Cl)cc1Cl. The van der Waals surface area contributed by atoms with Crippen molar-refractivity contribution in [3.05, 3.63) is 91.3 Å². The maximum absolute atomic E-state index is 14.1. The average molecular weight is 561 g/mol. The third kappa shape index (κ3) is 5.55. The van der Waals surface area contributed by atoms with Gasteiger partial charge in [-0.25, -0.2) is 4.39 Å². The van der Waals surface area contributed by atoms with Crippen molar-refractivity contribution in [2.75, 3.05) is 32.7 Å². The molecule has 2 aromatic carbocycles. The Morgan fingerprint density at radius 3 is 2.68 bits per heavy atom. The first-order valence-corrected chi connectivity index (χ1v) is 14.0. The molecule has 2 amide bonds. The molecule has 0 aliphatic carbocycles. The van der Waals surface area contributed by atoms with E-state index < -0.39 is 0 Å². The van der Waals surface area contributed by atoms with E-state index in [1.807, 2.05) is 17.9 Å². The van der Waals surface area contributed by atoms with Gasteiger partial charge in [-0.1, -0.05) is 35.3 Å². The highest BCUT2D eigenvalue weighted by Crippen LogP contribution is 2.38. The van der Waals surface area contributed by atoms with Gasteiger partial charge in [-0.2, -0.15) is 0 Å². The third-order valence-corrected chi connectivity index (χ3v) is 8.79. The van der Waals surface area contributed by atoms with Crippen LogP contribution in [0.4, 0.5) is 4.39 Å². The van der Waals surface area contributed by atoms with E-state index in [1.54, 1.807) is 46.6 Å². The van der Waals surface area contributed by atoms with Crippen LogP contribution in [0.25, 0.3) is 0 Å². The molecule has 0 radical (unpaired) electrons. The van der Waals surface area contributed by atoms with E-state index in [0.717, 1.165) is 18.5 Å². The molecule has 37 heavy (non-hydrogen) atoms. The zero-order valence-electron chi connectivity index (χ0n) is 20.5. The largest absolute Gasteiger partial charge is 0.339 e. The van der Waals surface area contributed by atoms with Gasteiger partial charge in [-0.3, -0.25) is 14.5 Å². The molecule has 1 saturated heterocycles. The van der Waals surface area contributed by atoms with Gasteiger partial charge >= 0.3 is 0 Å². The van der Waals surface area contributed by atoms with Gasteiger partial charge in [0.05, 0.1) is 16.6 Å². The summed E-state index contributed by atoms with van der Waals surface area (Å²) < 4.78 is 14.1. The Kier molecular flexibility index (Phi) is 7.86. The summed E-state index contributed by atoms with van der Waals surface area (Å²) in [6, 6.07) is 13.5. The van der Waals surface area contributed by atoms with Crippen LogP contribution in [-0.2, 0) is 11.2 Å². The second kappa shape index (κ2) is 11.1. The van der Waals surface area contributed by atoms with Crippen LogP contribution in [0.15, 0.2) is 53.9 Å². The highest BCUT2D eigenvalue weighted by molar-refractivity contribution is 7.10. The lowest BCUT2D eigenvalue weighted by molar-refractivity contribution is -0.134. The molecule has 0 spiro atoms. The van der Waals surface area contributed by atoms with Crippen LogP contribution in [0.2, 0.25) is 10.0 Å². The number of fused-ring (bicyclic) bond motifs is 1. The number of hydrogen-bond donors (Lipinski definition) is 0. The molecule has 3 aromatic rings. The van der Waals surface area contributed by atoms with Crippen LogP contribution >= 0.6 is 34.5 Å². The molecule has 0 saturated carbocycles. The van der Waals surface area contributed by atoms with E-state index in [0.29, 0.717) is 48.2 Å². The molecule has 9 heteroatoms. The number of piperazine rings is 1.